The molecule has 0 radical (unpaired) electrons. The Kier molecular flexibility index (Phi) is 2.35. The number of hydrogen-bond donors (Lipinski definition) is 1. The summed E-state index contributed by atoms with van der Waals surface area (Å²) in [6.45, 7) is 0. The first-order valence-corrected chi connectivity index (χ1v) is 6.21. The van der Waals surface area contributed by atoms with Crippen molar-refractivity contribution in [3.8, 4) is 0 Å². The predicted molar refractivity (Wildman–Crippen MR) is 68.3 cm³/mol. The van der Waals surface area contributed by atoms with E-state index >= 15 is 0 Å². The van der Waals surface area contributed by atoms with E-state index in [0.29, 0.717) is 11.6 Å². The first kappa shape index (κ1) is 11.5. The monoisotopic (exact) mass is 264 g/mol. The predicted octanol–water partition coefficient (Wildman–Crippen LogP) is 1.05. The Labute approximate surface area is 110 Å². The standard InChI is InChI=1S/C12H13ClN4O/c1-17-10(18)12(16-11(17)14)4-2-3-7-6-15-9(13)5-8(7)12/h5-6H,2-4H2,1H3,(H2,14,16). The van der Waals surface area contributed by atoms with Crippen LogP contribution in [0.1, 0.15) is 24.0 Å². The SMILES string of the molecule is CN1C(=O)C2(CCCc3cnc(Cl)cc32)N=C1N. The number of guanidine groups is 1. The van der Waals surface area contributed by atoms with Crippen molar-refractivity contribution in [2.45, 2.75) is 24.8 Å². The number of amides is 1. The van der Waals surface area contributed by atoms with Crippen molar-refractivity contribution in [3.05, 3.63) is 28.5 Å². The van der Waals surface area contributed by atoms with Crippen molar-refractivity contribution in [1.29, 1.82) is 0 Å². The van der Waals surface area contributed by atoms with Gasteiger partial charge in [0.15, 0.2) is 11.5 Å². The van der Waals surface area contributed by atoms with Gasteiger partial charge in [-0.1, -0.05) is 11.6 Å². The highest BCUT2D eigenvalue weighted by Crippen LogP contribution is 2.42. The zero-order valence-corrected chi connectivity index (χ0v) is 10.7. The van der Waals surface area contributed by atoms with Crippen LogP contribution in [0.3, 0.4) is 0 Å². The number of aryl methyl sites for hydroxylation is 1. The Balaban J connectivity index is 2.22. The van der Waals surface area contributed by atoms with Gasteiger partial charge in [-0.15, -0.1) is 0 Å². The maximum atomic E-state index is 12.4. The molecule has 0 bridgehead atoms. The lowest BCUT2D eigenvalue weighted by Gasteiger charge is -2.31. The third-order valence-electron chi connectivity index (χ3n) is 3.69. The average Bonchev–Trinajstić information content (AvgIpc) is 2.56. The van der Waals surface area contributed by atoms with Gasteiger partial charge in [-0.25, -0.2) is 9.98 Å². The summed E-state index contributed by atoms with van der Waals surface area (Å²) in [7, 11) is 1.65. The molecule has 0 aromatic carbocycles. The quantitative estimate of drug-likeness (QED) is 0.712. The van der Waals surface area contributed by atoms with Crippen LogP contribution in [0, 0.1) is 0 Å². The lowest BCUT2D eigenvalue weighted by molar-refractivity contribution is -0.131. The van der Waals surface area contributed by atoms with E-state index in [9.17, 15) is 4.79 Å². The van der Waals surface area contributed by atoms with Crippen molar-refractivity contribution >= 4 is 23.5 Å². The minimum Gasteiger partial charge on any atom is -0.369 e. The van der Waals surface area contributed by atoms with Crippen molar-refractivity contribution < 1.29 is 4.79 Å². The van der Waals surface area contributed by atoms with Gasteiger partial charge in [-0.05, 0) is 36.5 Å². The number of nitrogens with two attached hydrogens (primary N) is 1. The van der Waals surface area contributed by atoms with Gasteiger partial charge in [-0.2, -0.15) is 0 Å². The fraction of sp³-hybridized carbons (Fsp3) is 0.417. The lowest BCUT2D eigenvalue weighted by atomic mass is 9.77. The van der Waals surface area contributed by atoms with Crippen molar-refractivity contribution in [2.24, 2.45) is 10.7 Å². The molecule has 1 aliphatic heterocycles. The van der Waals surface area contributed by atoms with Crippen molar-refractivity contribution in [1.82, 2.24) is 9.88 Å². The Bertz CT molecular complexity index is 571. The molecule has 3 rings (SSSR count). The molecule has 1 aromatic heterocycles. The van der Waals surface area contributed by atoms with Gasteiger partial charge < -0.3 is 5.73 Å². The minimum atomic E-state index is -0.876. The van der Waals surface area contributed by atoms with E-state index in [2.05, 4.69) is 9.98 Å². The highest BCUT2D eigenvalue weighted by molar-refractivity contribution is 6.29. The largest absolute Gasteiger partial charge is 0.369 e. The summed E-state index contributed by atoms with van der Waals surface area (Å²) in [5.41, 5.74) is 6.79. The zero-order valence-electron chi connectivity index (χ0n) is 9.98. The Morgan fingerprint density at radius 3 is 3.00 bits per heavy atom. The Morgan fingerprint density at radius 1 is 1.56 bits per heavy atom. The average molecular weight is 265 g/mol. The maximum Gasteiger partial charge on any atom is 0.261 e. The molecular weight excluding hydrogens is 252 g/mol. The number of carbonyl (C=O) groups excluding carboxylic acids is 1. The smallest absolute Gasteiger partial charge is 0.261 e. The number of nitrogens with zero attached hydrogens (tertiary/aromatic N) is 3. The fourth-order valence-electron chi connectivity index (χ4n) is 2.75. The number of rotatable bonds is 0. The number of carbonyl (C=O) groups is 1. The third-order valence-corrected chi connectivity index (χ3v) is 3.90. The molecule has 0 fully saturated rings. The second-order valence-corrected chi connectivity index (χ2v) is 5.10. The van der Waals surface area contributed by atoms with E-state index in [1.807, 2.05) is 0 Å². The zero-order chi connectivity index (χ0) is 12.9. The normalized spacial score (nSPS) is 26.4. The summed E-state index contributed by atoms with van der Waals surface area (Å²) < 4.78 is 0. The van der Waals surface area contributed by atoms with Gasteiger partial charge in [-0.3, -0.25) is 9.69 Å². The van der Waals surface area contributed by atoms with Crippen molar-refractivity contribution in [2.75, 3.05) is 7.05 Å². The van der Waals surface area contributed by atoms with E-state index in [1.54, 1.807) is 19.3 Å². The molecule has 18 heavy (non-hydrogen) atoms. The van der Waals surface area contributed by atoms with Crippen LogP contribution in [0.25, 0.3) is 0 Å². The second-order valence-electron chi connectivity index (χ2n) is 4.71. The lowest BCUT2D eigenvalue weighted by Crippen LogP contribution is -2.42. The molecule has 2 aliphatic rings. The first-order chi connectivity index (χ1) is 8.54. The first-order valence-electron chi connectivity index (χ1n) is 5.83. The van der Waals surface area contributed by atoms with Crippen LogP contribution in [-0.2, 0) is 16.8 Å². The number of likely N-dealkylation sites (N-methyl/N-ethyl adjacent to an activating group) is 1. The van der Waals surface area contributed by atoms with E-state index < -0.39 is 5.54 Å². The molecule has 94 valence electrons. The number of halogens is 1. The molecule has 1 amide bonds. The van der Waals surface area contributed by atoms with Crippen molar-refractivity contribution in [3.63, 3.8) is 0 Å². The Morgan fingerprint density at radius 2 is 2.33 bits per heavy atom. The van der Waals surface area contributed by atoms with Gasteiger partial charge >= 0.3 is 0 Å². The molecule has 1 aromatic rings. The van der Waals surface area contributed by atoms with Gasteiger partial charge in [0.1, 0.15) is 5.15 Å². The fourth-order valence-corrected chi connectivity index (χ4v) is 2.91. The van der Waals surface area contributed by atoms with E-state index in [4.69, 9.17) is 17.3 Å². The summed E-state index contributed by atoms with van der Waals surface area (Å²) in [5.74, 6) is 0.184. The number of fused-ring (bicyclic) bond motifs is 2. The summed E-state index contributed by atoms with van der Waals surface area (Å²) in [5, 5.41) is 0.381. The molecule has 6 heteroatoms. The molecule has 0 saturated carbocycles. The van der Waals surface area contributed by atoms with Gasteiger partial charge in [0.05, 0.1) is 0 Å². The van der Waals surface area contributed by atoms with Crippen LogP contribution in [0.5, 0.6) is 0 Å². The summed E-state index contributed by atoms with van der Waals surface area (Å²) in [4.78, 5) is 22.3. The van der Waals surface area contributed by atoms with Gasteiger partial charge in [0.2, 0.25) is 0 Å². The highest BCUT2D eigenvalue weighted by Gasteiger charge is 2.50. The van der Waals surface area contributed by atoms with Crippen LogP contribution in [0.2, 0.25) is 5.15 Å². The van der Waals surface area contributed by atoms with E-state index in [1.165, 1.54) is 4.90 Å². The minimum absolute atomic E-state index is 0.0804. The number of pyridine rings is 1. The summed E-state index contributed by atoms with van der Waals surface area (Å²) in [6.07, 6.45) is 4.19. The molecule has 1 aliphatic carbocycles. The molecule has 1 spiro atoms. The van der Waals surface area contributed by atoms with Crippen LogP contribution < -0.4 is 5.73 Å². The summed E-state index contributed by atoms with van der Waals surface area (Å²) >= 11 is 5.94. The van der Waals surface area contributed by atoms with Crippen LogP contribution in [0.15, 0.2) is 17.3 Å². The highest BCUT2D eigenvalue weighted by atomic mass is 35.5. The van der Waals surface area contributed by atoms with Gasteiger partial charge in [0, 0.05) is 13.2 Å². The third kappa shape index (κ3) is 1.37. The van der Waals surface area contributed by atoms with Gasteiger partial charge in [0.25, 0.3) is 5.91 Å². The van der Waals surface area contributed by atoms with Crippen LogP contribution in [-0.4, -0.2) is 28.8 Å². The van der Waals surface area contributed by atoms with E-state index in [-0.39, 0.29) is 11.9 Å². The van der Waals surface area contributed by atoms with Crippen LogP contribution >= 0.6 is 11.6 Å². The maximum absolute atomic E-state index is 12.4. The number of aromatic nitrogens is 1. The second kappa shape index (κ2) is 3.68. The van der Waals surface area contributed by atoms with E-state index in [0.717, 1.165) is 24.0 Å². The molecular formula is C12H13ClN4O. The molecule has 0 saturated heterocycles. The molecule has 2 heterocycles. The number of hydrogen-bond acceptors (Lipinski definition) is 4. The topological polar surface area (TPSA) is 71.6 Å². The number of aliphatic imine (C=N–C) groups is 1. The molecule has 2 N–H and O–H groups in total. The molecule has 1 unspecified atom stereocenters. The molecule has 5 nitrogen and oxygen atoms in total. The van der Waals surface area contributed by atoms with Crippen LogP contribution in [0.4, 0.5) is 0 Å². The Hall–Kier alpha value is -1.62. The molecule has 1 atom stereocenters. The summed E-state index contributed by atoms with van der Waals surface area (Å²) in [6, 6.07) is 1.74.